The zero-order chi connectivity index (χ0) is 24.8. The highest BCUT2D eigenvalue weighted by molar-refractivity contribution is 7.46. The van der Waals surface area contributed by atoms with Crippen LogP contribution in [0.4, 0.5) is 5.82 Å². The third-order valence-corrected chi connectivity index (χ3v) is 5.78. The van der Waals surface area contributed by atoms with Crippen molar-refractivity contribution in [3.05, 3.63) is 29.3 Å². The van der Waals surface area contributed by atoms with Crippen LogP contribution in [0.5, 0.6) is 17.2 Å². The maximum Gasteiger partial charge on any atom is 0.524 e. The minimum absolute atomic E-state index is 0.127. The van der Waals surface area contributed by atoms with Crippen molar-refractivity contribution in [2.75, 3.05) is 11.9 Å². The Bertz CT molecular complexity index is 1270. The van der Waals surface area contributed by atoms with Crippen LogP contribution in [-0.2, 0) is 15.8 Å². The summed E-state index contributed by atoms with van der Waals surface area (Å²) in [5, 5.41) is 52.5. The van der Waals surface area contributed by atoms with Crippen molar-refractivity contribution in [1.29, 1.82) is 0 Å². The van der Waals surface area contributed by atoms with Gasteiger partial charge in [0.15, 0.2) is 34.7 Å². The number of phosphoric acid groups is 1. The molecule has 3 aromatic rings. The lowest BCUT2D eigenvalue weighted by molar-refractivity contribution is -0.0511. The predicted octanol–water partition coefficient (Wildman–Crippen LogP) is -0.414. The largest absolute Gasteiger partial charge is 0.524 e. The maximum absolute atomic E-state index is 11.2. The quantitative estimate of drug-likeness (QED) is 0.185. The molecule has 8 N–H and O–H groups in total. The third-order valence-electron chi connectivity index (χ3n) is 5.08. The first-order chi connectivity index (χ1) is 16.0. The summed E-state index contributed by atoms with van der Waals surface area (Å²) in [6.45, 7) is -0.815. The number of imidazole rings is 1. The van der Waals surface area contributed by atoms with Crippen LogP contribution in [0, 0.1) is 0 Å². The first-order valence-corrected chi connectivity index (χ1v) is 11.4. The van der Waals surface area contributed by atoms with Crippen molar-refractivity contribution < 1.29 is 49.1 Å². The molecule has 1 fully saturated rings. The van der Waals surface area contributed by atoms with Crippen LogP contribution in [0.2, 0.25) is 5.02 Å². The Labute approximate surface area is 195 Å². The number of hydrogen-bond acceptors (Lipinski definition) is 12. The zero-order valence-electron chi connectivity index (χ0n) is 16.9. The van der Waals surface area contributed by atoms with Gasteiger partial charge in [0.1, 0.15) is 30.4 Å². The number of fused-ring (bicyclic) bond motifs is 1. The van der Waals surface area contributed by atoms with E-state index in [1.807, 2.05) is 0 Å². The van der Waals surface area contributed by atoms with E-state index in [4.69, 9.17) is 26.1 Å². The van der Waals surface area contributed by atoms with Crippen molar-refractivity contribution in [1.82, 2.24) is 19.5 Å². The molecule has 17 heteroatoms. The number of halogens is 1. The van der Waals surface area contributed by atoms with Crippen LogP contribution >= 0.6 is 19.4 Å². The first-order valence-electron chi connectivity index (χ1n) is 9.54. The Morgan fingerprint density at radius 2 is 1.94 bits per heavy atom. The number of ether oxygens (including phenoxy) is 1. The van der Waals surface area contributed by atoms with E-state index in [1.54, 1.807) is 0 Å². The number of benzene rings is 1. The average molecular weight is 520 g/mol. The van der Waals surface area contributed by atoms with Gasteiger partial charge < -0.3 is 40.1 Å². The summed E-state index contributed by atoms with van der Waals surface area (Å²) in [4.78, 5) is 30.4. The lowest BCUT2D eigenvalue weighted by atomic mass is 10.1. The standard InChI is InChI=1S/C17H19ClN5O10P/c18-7-1-8(25)6(11(26)14(7)33-34(29,30)31)2-19-15-10-16(21-4-20-15)23(5-22-10)17-13(28)12(27)9(3-24)32-17/h1,4-5,9,12-13,17,24-28H,2-3H2,(H,19,20,21)(H2,29,30,31)/t9-,12-,13-,17-/m1/s1. The highest BCUT2D eigenvalue weighted by Crippen LogP contribution is 2.49. The molecule has 0 radical (unpaired) electrons. The van der Waals surface area contributed by atoms with E-state index in [0.717, 1.165) is 12.4 Å². The summed E-state index contributed by atoms with van der Waals surface area (Å²) < 4.78 is 22.4. The van der Waals surface area contributed by atoms with Gasteiger partial charge in [-0.3, -0.25) is 14.4 Å². The molecular weight excluding hydrogens is 501 g/mol. The Hall–Kier alpha value is -2.75. The van der Waals surface area contributed by atoms with Crippen molar-refractivity contribution in [2.24, 2.45) is 0 Å². The minimum Gasteiger partial charge on any atom is -0.507 e. The maximum atomic E-state index is 11.2. The van der Waals surface area contributed by atoms with Crippen LogP contribution in [0.3, 0.4) is 0 Å². The fourth-order valence-corrected chi connectivity index (χ4v) is 4.18. The molecule has 2 aromatic heterocycles. The summed E-state index contributed by atoms with van der Waals surface area (Å²) in [7, 11) is -5.06. The molecule has 0 aliphatic carbocycles. The van der Waals surface area contributed by atoms with E-state index in [-0.39, 0.29) is 29.1 Å². The van der Waals surface area contributed by atoms with Gasteiger partial charge in [0, 0.05) is 12.6 Å². The van der Waals surface area contributed by atoms with Crippen molar-refractivity contribution in [2.45, 2.75) is 31.1 Å². The molecular formula is C17H19ClN5O10P. The summed E-state index contributed by atoms with van der Waals surface area (Å²) >= 11 is 5.81. The predicted molar refractivity (Wildman–Crippen MR) is 113 cm³/mol. The Morgan fingerprint density at radius 1 is 1.21 bits per heavy atom. The number of nitrogens with one attached hydrogen (secondary N) is 1. The molecule has 0 saturated carbocycles. The van der Waals surface area contributed by atoms with Crippen molar-refractivity contribution >= 4 is 36.4 Å². The highest BCUT2D eigenvalue weighted by atomic mass is 35.5. The Balaban J connectivity index is 1.63. The number of aromatic nitrogens is 4. The fraction of sp³-hybridized carbons (Fsp3) is 0.353. The Morgan fingerprint density at radius 3 is 2.59 bits per heavy atom. The lowest BCUT2D eigenvalue weighted by Gasteiger charge is -2.17. The molecule has 34 heavy (non-hydrogen) atoms. The van der Waals surface area contributed by atoms with E-state index < -0.39 is 61.2 Å². The second-order valence-electron chi connectivity index (χ2n) is 7.24. The van der Waals surface area contributed by atoms with E-state index in [9.17, 15) is 30.1 Å². The van der Waals surface area contributed by atoms with E-state index >= 15 is 0 Å². The molecule has 0 spiro atoms. The van der Waals surface area contributed by atoms with Gasteiger partial charge in [0.05, 0.1) is 23.5 Å². The highest BCUT2D eigenvalue weighted by Gasteiger charge is 2.44. The molecule has 4 rings (SSSR count). The summed E-state index contributed by atoms with van der Waals surface area (Å²) in [6.07, 6.45) is -2.33. The molecule has 184 valence electrons. The summed E-state index contributed by atoms with van der Waals surface area (Å²) in [5.74, 6) is -1.88. The monoisotopic (exact) mass is 519 g/mol. The molecule has 1 aliphatic heterocycles. The van der Waals surface area contributed by atoms with Gasteiger partial charge in [-0.15, -0.1) is 0 Å². The van der Waals surface area contributed by atoms with Crippen LogP contribution in [-0.4, -0.2) is 79.8 Å². The number of phenolic OH excluding ortho intramolecular Hbond substituents is 2. The van der Waals surface area contributed by atoms with Crippen LogP contribution < -0.4 is 9.84 Å². The minimum atomic E-state index is -5.06. The molecule has 4 atom stereocenters. The van der Waals surface area contributed by atoms with Gasteiger partial charge in [0.25, 0.3) is 0 Å². The summed E-state index contributed by atoms with van der Waals surface area (Å²) in [6, 6.07) is 0.940. The molecule has 0 unspecified atom stereocenters. The number of aliphatic hydroxyl groups is 3. The molecule has 15 nitrogen and oxygen atoms in total. The number of rotatable bonds is 7. The Kier molecular flexibility index (Phi) is 6.54. The number of anilines is 1. The van der Waals surface area contributed by atoms with Gasteiger partial charge in [-0.2, -0.15) is 0 Å². The van der Waals surface area contributed by atoms with Gasteiger partial charge in [-0.25, -0.2) is 19.5 Å². The van der Waals surface area contributed by atoms with Crippen molar-refractivity contribution in [3.8, 4) is 17.2 Å². The van der Waals surface area contributed by atoms with E-state index in [1.165, 1.54) is 10.9 Å². The molecule has 1 aliphatic rings. The number of phosphoric ester groups is 1. The number of aliphatic hydroxyl groups excluding tert-OH is 3. The first kappa shape index (κ1) is 24.4. The van der Waals surface area contributed by atoms with Gasteiger partial charge in [-0.1, -0.05) is 11.6 Å². The van der Waals surface area contributed by atoms with Crippen LogP contribution in [0.1, 0.15) is 11.8 Å². The lowest BCUT2D eigenvalue weighted by Crippen LogP contribution is -2.33. The van der Waals surface area contributed by atoms with Crippen LogP contribution in [0.15, 0.2) is 18.7 Å². The summed E-state index contributed by atoms with van der Waals surface area (Å²) in [5.41, 5.74) is 0.185. The second kappa shape index (κ2) is 9.13. The number of nitrogens with zero attached hydrogens (tertiary/aromatic N) is 4. The molecule has 3 heterocycles. The smallest absolute Gasteiger partial charge is 0.507 e. The second-order valence-corrected chi connectivity index (χ2v) is 8.82. The molecule has 0 amide bonds. The third kappa shape index (κ3) is 4.47. The van der Waals surface area contributed by atoms with Gasteiger partial charge >= 0.3 is 7.82 Å². The fourth-order valence-electron chi connectivity index (χ4n) is 3.47. The van der Waals surface area contributed by atoms with Crippen molar-refractivity contribution in [3.63, 3.8) is 0 Å². The topological polar surface area (TPSA) is 233 Å². The van der Waals surface area contributed by atoms with Gasteiger partial charge in [0.2, 0.25) is 0 Å². The zero-order valence-corrected chi connectivity index (χ0v) is 18.6. The number of phenols is 2. The van der Waals surface area contributed by atoms with E-state index in [2.05, 4.69) is 24.8 Å². The normalized spacial score (nSPS) is 22.9. The van der Waals surface area contributed by atoms with Crippen LogP contribution in [0.25, 0.3) is 11.2 Å². The van der Waals surface area contributed by atoms with E-state index in [0.29, 0.717) is 0 Å². The average Bonchev–Trinajstić information content (AvgIpc) is 3.32. The molecule has 0 bridgehead atoms. The van der Waals surface area contributed by atoms with Gasteiger partial charge in [-0.05, 0) is 0 Å². The molecule has 1 aromatic carbocycles. The number of hydrogen-bond donors (Lipinski definition) is 8. The SMILES string of the molecule is O=P(O)(O)Oc1c(Cl)cc(O)c(CNc2ncnc3c2ncn3[C@@H]2O[C@H](CO)[C@@H](O)[C@H]2O)c1O. The molecule has 1 saturated heterocycles. The number of aromatic hydroxyl groups is 2.